The molecule has 0 saturated heterocycles. The minimum absolute atomic E-state index is 0.109. The van der Waals surface area contributed by atoms with Crippen LogP contribution in [-0.4, -0.2) is 43.0 Å². The van der Waals surface area contributed by atoms with Gasteiger partial charge in [0.25, 0.3) is 0 Å². The zero-order valence-corrected chi connectivity index (χ0v) is 8.78. The molecule has 0 heterocycles. The summed E-state index contributed by atoms with van der Waals surface area (Å²) in [5.41, 5.74) is 1.92. The summed E-state index contributed by atoms with van der Waals surface area (Å²) in [6.07, 6.45) is 0.109. The first-order valence-electron chi connectivity index (χ1n) is 4.51. The lowest BCUT2D eigenvalue weighted by Gasteiger charge is -2.08. The van der Waals surface area contributed by atoms with Gasteiger partial charge in [-0.2, -0.15) is 0 Å². The third-order valence-electron chi connectivity index (χ3n) is 1.20. The third-order valence-corrected chi connectivity index (χ3v) is 1.20. The largest absolute Gasteiger partial charge is 0.479 e. The second-order valence-electron chi connectivity index (χ2n) is 2.96. The van der Waals surface area contributed by atoms with Crippen molar-refractivity contribution in [1.29, 1.82) is 0 Å². The topological polar surface area (TPSA) is 96.9 Å². The van der Waals surface area contributed by atoms with E-state index in [1.165, 1.54) is 0 Å². The summed E-state index contributed by atoms with van der Waals surface area (Å²) in [5.74, 6) is -1.15. The molecule has 0 aliphatic carbocycles. The van der Waals surface area contributed by atoms with E-state index in [-0.39, 0.29) is 6.10 Å². The number of carbonyl (C=O) groups is 2. The molecule has 0 rings (SSSR count). The number of aliphatic carboxylic acids is 1. The Bertz CT molecular complexity index is 207. The van der Waals surface area contributed by atoms with Crippen LogP contribution >= 0.6 is 0 Å². The van der Waals surface area contributed by atoms with Crippen molar-refractivity contribution in [3.05, 3.63) is 0 Å². The minimum atomic E-state index is -1.15. The molecule has 0 aromatic heterocycles. The fraction of sp³-hybridized carbons (Fsp3) is 0.750. The summed E-state index contributed by atoms with van der Waals surface area (Å²) in [5, 5.41) is 10.6. The van der Waals surface area contributed by atoms with E-state index < -0.39 is 18.6 Å². The molecule has 0 unspecified atom stereocenters. The maximum absolute atomic E-state index is 10.9. The summed E-state index contributed by atoms with van der Waals surface area (Å²) >= 11 is 0. The molecule has 0 aromatic rings. The van der Waals surface area contributed by atoms with Crippen LogP contribution in [0.1, 0.15) is 13.8 Å². The molecule has 0 bridgehead atoms. The van der Waals surface area contributed by atoms with Gasteiger partial charge in [0, 0.05) is 6.54 Å². The first kappa shape index (κ1) is 13.7. The number of carboxylic acids is 1. The normalized spacial score (nSPS) is 10.1. The molecular weight excluding hydrogens is 204 g/mol. The Morgan fingerprint density at radius 1 is 1.40 bits per heavy atom. The SMILES string of the molecule is CC(C)OCCNC(=O)NOCC(=O)O. The van der Waals surface area contributed by atoms with Crippen LogP contribution in [0.4, 0.5) is 4.79 Å². The molecule has 0 aliphatic heterocycles. The van der Waals surface area contributed by atoms with Gasteiger partial charge in [0.1, 0.15) is 0 Å². The fourth-order valence-corrected chi connectivity index (χ4v) is 0.659. The van der Waals surface area contributed by atoms with E-state index in [9.17, 15) is 9.59 Å². The lowest BCUT2D eigenvalue weighted by molar-refractivity contribution is -0.144. The van der Waals surface area contributed by atoms with E-state index in [2.05, 4.69) is 10.2 Å². The highest BCUT2D eigenvalue weighted by molar-refractivity contribution is 5.73. The maximum Gasteiger partial charge on any atom is 0.338 e. The molecule has 0 spiro atoms. The number of rotatable bonds is 7. The van der Waals surface area contributed by atoms with Crippen LogP contribution < -0.4 is 10.8 Å². The molecular formula is C8H16N2O5. The number of hydroxylamine groups is 1. The lowest BCUT2D eigenvalue weighted by Crippen LogP contribution is -2.38. The van der Waals surface area contributed by atoms with E-state index >= 15 is 0 Å². The van der Waals surface area contributed by atoms with Crippen molar-refractivity contribution >= 4 is 12.0 Å². The first-order valence-corrected chi connectivity index (χ1v) is 4.51. The van der Waals surface area contributed by atoms with Crippen LogP contribution in [-0.2, 0) is 14.4 Å². The Morgan fingerprint density at radius 3 is 2.60 bits per heavy atom. The summed E-state index contributed by atoms with van der Waals surface area (Å²) in [6.45, 7) is 3.92. The van der Waals surface area contributed by atoms with E-state index in [0.717, 1.165) is 0 Å². The quantitative estimate of drug-likeness (QED) is 0.405. The van der Waals surface area contributed by atoms with Crippen molar-refractivity contribution in [1.82, 2.24) is 10.8 Å². The Labute approximate surface area is 87.7 Å². The molecule has 0 radical (unpaired) electrons. The number of urea groups is 1. The number of ether oxygens (including phenoxy) is 1. The third kappa shape index (κ3) is 10.6. The molecule has 7 nitrogen and oxygen atoms in total. The van der Waals surface area contributed by atoms with Gasteiger partial charge in [-0.25, -0.2) is 15.1 Å². The summed E-state index contributed by atoms with van der Waals surface area (Å²) in [4.78, 5) is 25.2. The predicted molar refractivity (Wildman–Crippen MR) is 51.2 cm³/mol. The second-order valence-corrected chi connectivity index (χ2v) is 2.96. The summed E-state index contributed by atoms with van der Waals surface area (Å²) in [7, 11) is 0. The van der Waals surface area contributed by atoms with Crippen molar-refractivity contribution in [2.24, 2.45) is 0 Å². The van der Waals surface area contributed by atoms with Gasteiger partial charge < -0.3 is 15.2 Å². The van der Waals surface area contributed by atoms with Gasteiger partial charge in [0.05, 0.1) is 12.7 Å². The molecule has 15 heavy (non-hydrogen) atoms. The average molecular weight is 220 g/mol. The maximum atomic E-state index is 10.9. The first-order chi connectivity index (χ1) is 7.02. The highest BCUT2D eigenvalue weighted by atomic mass is 16.7. The lowest BCUT2D eigenvalue weighted by atomic mass is 10.5. The van der Waals surface area contributed by atoms with E-state index in [1.54, 1.807) is 0 Å². The number of hydrogen-bond acceptors (Lipinski definition) is 4. The van der Waals surface area contributed by atoms with Gasteiger partial charge in [-0.05, 0) is 13.8 Å². The van der Waals surface area contributed by atoms with Gasteiger partial charge in [0.15, 0.2) is 6.61 Å². The minimum Gasteiger partial charge on any atom is -0.479 e. The molecule has 3 N–H and O–H groups in total. The van der Waals surface area contributed by atoms with Gasteiger partial charge >= 0.3 is 12.0 Å². The average Bonchev–Trinajstić information content (AvgIpc) is 2.11. The Morgan fingerprint density at radius 2 is 2.07 bits per heavy atom. The number of amides is 2. The monoisotopic (exact) mass is 220 g/mol. The Hall–Kier alpha value is -1.34. The number of nitrogens with one attached hydrogen (secondary N) is 2. The van der Waals surface area contributed by atoms with Gasteiger partial charge in [-0.15, -0.1) is 0 Å². The smallest absolute Gasteiger partial charge is 0.338 e. The molecule has 0 aliphatic rings. The molecule has 2 amide bonds. The Balaban J connectivity index is 3.30. The van der Waals surface area contributed by atoms with Crippen LogP contribution in [0, 0.1) is 0 Å². The molecule has 7 heteroatoms. The zero-order valence-electron chi connectivity index (χ0n) is 8.78. The molecule has 0 aromatic carbocycles. The second kappa shape index (κ2) is 8.01. The van der Waals surface area contributed by atoms with Crippen molar-refractivity contribution < 1.29 is 24.3 Å². The summed E-state index contributed by atoms with van der Waals surface area (Å²) < 4.78 is 5.16. The van der Waals surface area contributed by atoms with Crippen LogP contribution in [0.15, 0.2) is 0 Å². The molecule has 0 saturated carbocycles. The van der Waals surface area contributed by atoms with Crippen molar-refractivity contribution in [3.63, 3.8) is 0 Å². The molecule has 88 valence electrons. The van der Waals surface area contributed by atoms with E-state index in [0.29, 0.717) is 13.2 Å². The Kier molecular flexibility index (Phi) is 7.29. The standard InChI is InChI=1S/C8H16N2O5/c1-6(2)14-4-3-9-8(13)10-15-5-7(11)12/h6H,3-5H2,1-2H3,(H,11,12)(H2,9,10,13). The van der Waals surface area contributed by atoms with Gasteiger partial charge in [0.2, 0.25) is 0 Å². The highest BCUT2D eigenvalue weighted by Crippen LogP contribution is 1.84. The fourth-order valence-electron chi connectivity index (χ4n) is 0.659. The predicted octanol–water partition coefficient (Wildman–Crippen LogP) is -0.273. The van der Waals surface area contributed by atoms with Crippen LogP contribution in [0.3, 0.4) is 0 Å². The van der Waals surface area contributed by atoms with Gasteiger partial charge in [-0.1, -0.05) is 0 Å². The number of carbonyl (C=O) groups excluding carboxylic acids is 1. The van der Waals surface area contributed by atoms with Crippen molar-refractivity contribution in [2.45, 2.75) is 20.0 Å². The molecule has 0 fully saturated rings. The zero-order chi connectivity index (χ0) is 11.7. The summed E-state index contributed by atoms with van der Waals surface area (Å²) in [6, 6.07) is -0.594. The molecule has 0 atom stereocenters. The van der Waals surface area contributed by atoms with E-state index in [4.69, 9.17) is 9.84 Å². The van der Waals surface area contributed by atoms with Crippen LogP contribution in [0.5, 0.6) is 0 Å². The highest BCUT2D eigenvalue weighted by Gasteiger charge is 2.01. The van der Waals surface area contributed by atoms with Crippen molar-refractivity contribution in [3.8, 4) is 0 Å². The number of hydrogen-bond donors (Lipinski definition) is 3. The van der Waals surface area contributed by atoms with Crippen LogP contribution in [0.2, 0.25) is 0 Å². The van der Waals surface area contributed by atoms with E-state index in [1.807, 2.05) is 19.3 Å². The van der Waals surface area contributed by atoms with Gasteiger partial charge in [-0.3, -0.25) is 4.84 Å². The van der Waals surface area contributed by atoms with Crippen molar-refractivity contribution in [2.75, 3.05) is 19.8 Å². The van der Waals surface area contributed by atoms with Crippen LogP contribution in [0.25, 0.3) is 0 Å². The number of carboxylic acid groups (broad SMARTS) is 1.